The van der Waals surface area contributed by atoms with Gasteiger partial charge in [-0.2, -0.15) is 0 Å². The minimum absolute atomic E-state index is 1.08. The molecule has 0 aliphatic carbocycles. The number of rotatable bonds is 10. The second-order valence-electron chi connectivity index (χ2n) is 16.0. The number of nitrogens with zero attached hydrogens (tertiary/aromatic N) is 3. The van der Waals surface area contributed by atoms with Crippen LogP contribution in [0, 0.1) is 0 Å². The summed E-state index contributed by atoms with van der Waals surface area (Å²) in [5, 5.41) is 2.42. The zero-order valence-corrected chi connectivity index (χ0v) is 36.6. The van der Waals surface area contributed by atoms with Crippen molar-refractivity contribution in [2.75, 3.05) is 9.80 Å². The number of para-hydroxylation sites is 4. The molecule has 0 bridgehead atoms. The summed E-state index contributed by atoms with van der Waals surface area (Å²) in [7, 11) is 0. The molecule has 1 aromatic heterocycles. The Labute approximate surface area is 382 Å². The molecule has 0 saturated heterocycles. The molecule has 11 aromatic rings. The van der Waals surface area contributed by atoms with Crippen LogP contribution in [-0.4, -0.2) is 4.57 Å². The predicted octanol–water partition coefficient (Wildman–Crippen LogP) is 17.5. The summed E-state index contributed by atoms with van der Waals surface area (Å²) >= 11 is 3.59. The van der Waals surface area contributed by atoms with Crippen LogP contribution in [-0.2, 0) is 0 Å². The lowest BCUT2D eigenvalue weighted by atomic mass is 9.99. The summed E-state index contributed by atoms with van der Waals surface area (Å²) in [6.45, 7) is 0. The molecular weight excluding hydrogens is 843 g/mol. The van der Waals surface area contributed by atoms with E-state index in [-0.39, 0.29) is 0 Å². The molecule has 11 rings (SSSR count). The molecule has 4 heteroatoms. The maximum atomic E-state index is 3.59. The van der Waals surface area contributed by atoms with Crippen LogP contribution in [0.1, 0.15) is 0 Å². The Morgan fingerprint density at radius 1 is 0.266 bits per heavy atom. The van der Waals surface area contributed by atoms with Gasteiger partial charge in [-0.1, -0.05) is 149 Å². The van der Waals surface area contributed by atoms with Crippen molar-refractivity contribution in [1.82, 2.24) is 4.57 Å². The Hall–Kier alpha value is -7.92. The SMILES string of the molecule is Brc1ccc(-c2ccc(-n3c4ccc(-c5ccc(N(c6ccccc6)c6ccccc6)cc5)cc4c4cc(-c5ccc(N(c6ccccc6)c6ccccc6)cc5)ccc43)cc2)cc1. The van der Waals surface area contributed by atoms with Crippen LogP contribution in [0.5, 0.6) is 0 Å². The summed E-state index contributed by atoms with van der Waals surface area (Å²) in [6, 6.07) is 91.4. The van der Waals surface area contributed by atoms with E-state index in [1.54, 1.807) is 0 Å². The third-order valence-corrected chi connectivity index (χ3v) is 12.6. The summed E-state index contributed by atoms with van der Waals surface area (Å²) < 4.78 is 3.48. The Bertz CT molecular complexity index is 3070. The molecule has 0 amide bonds. The molecule has 0 atom stereocenters. The van der Waals surface area contributed by atoms with Gasteiger partial charge in [-0.3, -0.25) is 0 Å². The molecule has 64 heavy (non-hydrogen) atoms. The van der Waals surface area contributed by atoms with Crippen LogP contribution < -0.4 is 9.80 Å². The highest BCUT2D eigenvalue weighted by molar-refractivity contribution is 9.10. The van der Waals surface area contributed by atoms with Crippen LogP contribution in [0.4, 0.5) is 34.1 Å². The van der Waals surface area contributed by atoms with Gasteiger partial charge in [0.2, 0.25) is 0 Å². The quantitative estimate of drug-likeness (QED) is 0.136. The van der Waals surface area contributed by atoms with Crippen molar-refractivity contribution in [3.05, 3.63) is 259 Å². The summed E-state index contributed by atoms with van der Waals surface area (Å²) in [6.07, 6.45) is 0. The average molecular weight is 885 g/mol. The number of fused-ring (bicyclic) bond motifs is 3. The number of hydrogen-bond acceptors (Lipinski definition) is 2. The largest absolute Gasteiger partial charge is 0.311 e. The second-order valence-corrected chi connectivity index (χ2v) is 16.9. The van der Waals surface area contributed by atoms with Gasteiger partial charge in [0.05, 0.1) is 11.0 Å². The lowest BCUT2D eigenvalue weighted by Crippen LogP contribution is -2.09. The van der Waals surface area contributed by atoms with Crippen LogP contribution in [0.25, 0.3) is 60.9 Å². The number of benzene rings is 10. The van der Waals surface area contributed by atoms with E-state index in [9.17, 15) is 0 Å². The zero-order valence-electron chi connectivity index (χ0n) is 35.0. The average Bonchev–Trinajstić information content (AvgIpc) is 3.69. The first-order valence-corrected chi connectivity index (χ1v) is 22.4. The minimum atomic E-state index is 1.08. The van der Waals surface area contributed by atoms with E-state index < -0.39 is 0 Å². The Balaban J connectivity index is 1.00. The fourth-order valence-corrected chi connectivity index (χ4v) is 9.18. The highest BCUT2D eigenvalue weighted by Gasteiger charge is 2.18. The number of hydrogen-bond donors (Lipinski definition) is 0. The second kappa shape index (κ2) is 17.1. The maximum absolute atomic E-state index is 3.59. The van der Waals surface area contributed by atoms with Gasteiger partial charge in [-0.15, -0.1) is 0 Å². The molecule has 0 spiro atoms. The van der Waals surface area contributed by atoms with Crippen molar-refractivity contribution in [3.8, 4) is 39.1 Å². The maximum Gasteiger partial charge on any atom is 0.0541 e. The third-order valence-electron chi connectivity index (χ3n) is 12.0. The number of anilines is 6. The van der Waals surface area contributed by atoms with Crippen molar-refractivity contribution in [3.63, 3.8) is 0 Å². The van der Waals surface area contributed by atoms with Gasteiger partial charge < -0.3 is 14.4 Å². The van der Waals surface area contributed by atoms with E-state index in [1.165, 1.54) is 55.2 Å². The highest BCUT2D eigenvalue weighted by Crippen LogP contribution is 2.41. The monoisotopic (exact) mass is 883 g/mol. The fraction of sp³-hybridized carbons (Fsp3) is 0. The van der Waals surface area contributed by atoms with Crippen molar-refractivity contribution >= 4 is 71.9 Å². The Kier molecular flexibility index (Phi) is 10.4. The zero-order chi connectivity index (χ0) is 42.8. The molecule has 304 valence electrons. The van der Waals surface area contributed by atoms with Crippen LogP contribution in [0.3, 0.4) is 0 Å². The smallest absolute Gasteiger partial charge is 0.0541 e. The van der Waals surface area contributed by atoms with Gasteiger partial charge in [0.1, 0.15) is 0 Å². The number of halogens is 1. The molecule has 0 N–H and O–H groups in total. The molecule has 0 unspecified atom stereocenters. The van der Waals surface area contributed by atoms with Crippen molar-refractivity contribution in [2.24, 2.45) is 0 Å². The molecule has 10 aromatic carbocycles. The first-order chi connectivity index (χ1) is 31.6. The predicted molar refractivity (Wildman–Crippen MR) is 274 cm³/mol. The minimum Gasteiger partial charge on any atom is -0.311 e. The highest BCUT2D eigenvalue weighted by atomic mass is 79.9. The van der Waals surface area contributed by atoms with E-state index in [4.69, 9.17) is 0 Å². The first-order valence-electron chi connectivity index (χ1n) is 21.6. The third kappa shape index (κ3) is 7.55. The molecular formula is C60H42BrN3. The summed E-state index contributed by atoms with van der Waals surface area (Å²) in [4.78, 5) is 4.61. The van der Waals surface area contributed by atoms with E-state index in [1.807, 2.05) is 0 Å². The van der Waals surface area contributed by atoms with Gasteiger partial charge >= 0.3 is 0 Å². The lowest BCUT2D eigenvalue weighted by molar-refractivity contribution is 1.18. The van der Waals surface area contributed by atoms with E-state index in [0.717, 1.165) is 44.3 Å². The number of aromatic nitrogens is 1. The van der Waals surface area contributed by atoms with E-state index in [0.29, 0.717) is 0 Å². The standard InChI is InChI=1S/C60H42BrN3/c61-49-31-21-43(22-32-49)44-23-37-56(38-24-44)64-59-39-29-47(45-25-33-54(34-26-45)62(50-13-5-1-6-14-50)51-15-7-2-8-16-51)41-57(59)58-42-48(30-40-60(58)64)46-27-35-55(36-28-46)63(52-17-9-3-10-18-52)53-19-11-4-12-20-53/h1-42H. The normalized spacial score (nSPS) is 11.2. The van der Waals surface area contributed by atoms with Crippen molar-refractivity contribution in [1.29, 1.82) is 0 Å². The van der Waals surface area contributed by atoms with Crippen LogP contribution in [0.2, 0.25) is 0 Å². The fourth-order valence-electron chi connectivity index (χ4n) is 8.91. The molecule has 0 radical (unpaired) electrons. The van der Waals surface area contributed by atoms with Gasteiger partial charge in [0.25, 0.3) is 0 Å². The van der Waals surface area contributed by atoms with Gasteiger partial charge in [-0.25, -0.2) is 0 Å². The van der Waals surface area contributed by atoms with E-state index >= 15 is 0 Å². The molecule has 1 heterocycles. The topological polar surface area (TPSA) is 11.4 Å². The molecule has 0 aliphatic rings. The van der Waals surface area contributed by atoms with Gasteiger partial charge in [-0.05, 0) is 155 Å². The van der Waals surface area contributed by atoms with Gasteiger partial charge in [0.15, 0.2) is 0 Å². The van der Waals surface area contributed by atoms with Crippen molar-refractivity contribution < 1.29 is 0 Å². The molecule has 3 nitrogen and oxygen atoms in total. The Morgan fingerprint density at radius 3 is 0.906 bits per heavy atom. The van der Waals surface area contributed by atoms with Crippen LogP contribution >= 0.6 is 15.9 Å². The summed E-state index contributed by atoms with van der Waals surface area (Å²) in [5.41, 5.74) is 17.2. The lowest BCUT2D eigenvalue weighted by Gasteiger charge is -2.25. The summed E-state index contributed by atoms with van der Waals surface area (Å²) in [5.74, 6) is 0. The Morgan fingerprint density at radius 2 is 0.547 bits per heavy atom. The molecule has 0 fully saturated rings. The first kappa shape index (κ1) is 39.0. The van der Waals surface area contributed by atoms with Crippen LogP contribution in [0.15, 0.2) is 259 Å². The molecule has 0 saturated carbocycles. The molecule has 0 aliphatic heterocycles. The van der Waals surface area contributed by atoms with Crippen molar-refractivity contribution in [2.45, 2.75) is 0 Å². The van der Waals surface area contributed by atoms with E-state index in [2.05, 4.69) is 285 Å². The van der Waals surface area contributed by atoms with Gasteiger partial charge in [0, 0.05) is 55.1 Å².